The number of halogens is 1. The Morgan fingerprint density at radius 3 is 2.18 bits per heavy atom. The average molecular weight is 1060 g/mol. The zero-order chi connectivity index (χ0) is 47.0. The summed E-state index contributed by atoms with van der Waals surface area (Å²) in [4.78, 5) is 15.4. The average Bonchev–Trinajstić information content (AvgIpc) is 3.83. The van der Waals surface area contributed by atoms with E-state index in [9.17, 15) is 4.39 Å². The minimum Gasteiger partial charge on any atom is 0 e. The summed E-state index contributed by atoms with van der Waals surface area (Å²) < 4.78 is 64.5. The number of imidazole rings is 1. The summed E-state index contributed by atoms with van der Waals surface area (Å²) in [7, 11) is 0. The maximum Gasteiger partial charge on any atom is 0 e. The van der Waals surface area contributed by atoms with Gasteiger partial charge in [0.25, 0.3) is 0 Å². The van der Waals surface area contributed by atoms with Crippen molar-refractivity contribution in [3.63, 3.8) is 0 Å². The van der Waals surface area contributed by atoms with Gasteiger partial charge in [0.15, 0.2) is 0 Å². The zero-order valence-electron chi connectivity index (χ0n) is 41.0. The fourth-order valence-electron chi connectivity index (χ4n) is 8.45. The van der Waals surface area contributed by atoms with Gasteiger partial charge in [0.2, 0.25) is 0 Å². The van der Waals surface area contributed by atoms with Gasteiger partial charge < -0.3 is 4.57 Å². The van der Waals surface area contributed by atoms with Gasteiger partial charge in [-0.15, -0.1) is 35.1 Å². The molecule has 6 aromatic carbocycles. The molecular weight excluding hydrogens is 1010 g/mol. The number of hydrogen-bond donors (Lipinski definition) is 0. The second-order valence-corrected chi connectivity index (χ2v) is 28.3. The van der Waals surface area contributed by atoms with Crippen molar-refractivity contribution < 1.29 is 32.7 Å². The van der Waals surface area contributed by atoms with Crippen molar-refractivity contribution in [2.45, 2.75) is 64.6 Å². The largest absolute Gasteiger partial charge is 0 e. The smallest absolute Gasteiger partial charge is 0 e. The van der Waals surface area contributed by atoms with Crippen molar-refractivity contribution in [3.8, 4) is 28.3 Å². The fourth-order valence-corrected chi connectivity index (χ4v) is 12.4. The van der Waals surface area contributed by atoms with Crippen LogP contribution in [0.5, 0.6) is 0 Å². The van der Waals surface area contributed by atoms with E-state index in [1.807, 2.05) is 17.3 Å². The minimum atomic E-state index is -2.61. The molecule has 0 saturated heterocycles. The number of para-hydroxylation sites is 2. The second-order valence-electron chi connectivity index (χ2n) is 16.7. The number of hydrogen-bond acceptors (Lipinski definition) is 4. The normalized spacial score (nSPS) is 13.7. The number of rotatable bonds is 5. The van der Waals surface area contributed by atoms with E-state index in [1.54, 1.807) is 11.3 Å². The van der Waals surface area contributed by atoms with Crippen LogP contribution in [0.15, 0.2) is 115 Å². The number of aromatic nitrogens is 4. The van der Waals surface area contributed by atoms with E-state index < -0.39 is 38.4 Å². The van der Waals surface area contributed by atoms with Crippen LogP contribution in [0.1, 0.15) is 55.9 Å². The van der Waals surface area contributed by atoms with Gasteiger partial charge >= 0.3 is 125 Å². The molecule has 0 saturated carbocycles. The molecule has 61 heavy (non-hydrogen) atoms. The Kier molecular flexibility index (Phi) is 9.71. The first-order chi connectivity index (χ1) is 31.2. The van der Waals surface area contributed by atoms with Crippen LogP contribution < -0.4 is 4.40 Å². The fraction of sp³-hybridized carbons (Fsp3) is 0.189. The van der Waals surface area contributed by atoms with E-state index in [1.165, 1.54) is 67.5 Å². The van der Waals surface area contributed by atoms with E-state index in [0.29, 0.717) is 5.92 Å². The molecule has 0 aliphatic heterocycles. The standard InChI is InChI=1S/C37H28N3S.C16H19FGeN.Ir/c1-21(2)33-27-13-7-5-11-25(27)26-12-6-8-14-28(26)35(33)40-31-16-10-9-15-30(31)39-36(40)24-17-18-29-32(20-24)41-37-34(29)22(3)19-23(4)38-37;1-11-7-6-8-13(16(11)17)15-9-12(2)14(10-19-15)18(3,4)5;/h5-19,21H,1-4H3;6-7,9-10H,1-5H3;/q2*-1;/i;1D3,2D3;. The second kappa shape index (κ2) is 16.7. The molecule has 0 atom stereocenters. The number of thiophene rings is 1. The monoisotopic (exact) mass is 1060 g/mol. The topological polar surface area (TPSA) is 43.6 Å². The molecule has 4 nitrogen and oxygen atoms in total. The first-order valence-corrected chi connectivity index (χ1v) is 28.2. The Bertz CT molecular complexity index is 3540. The molecule has 0 N–H and O–H groups in total. The molecule has 0 unspecified atom stereocenters. The predicted molar refractivity (Wildman–Crippen MR) is 256 cm³/mol. The van der Waals surface area contributed by atoms with Gasteiger partial charge in [-0.3, -0.25) is 4.98 Å². The quantitative estimate of drug-likeness (QED) is 0.0980. The minimum absolute atomic E-state index is 0. The molecule has 10 aromatic rings. The van der Waals surface area contributed by atoms with Gasteiger partial charge in [0.05, 0.1) is 22.5 Å². The summed E-state index contributed by atoms with van der Waals surface area (Å²) in [5, 5.41) is 7.51. The van der Waals surface area contributed by atoms with E-state index in [0.717, 1.165) is 48.1 Å². The van der Waals surface area contributed by atoms with Crippen molar-refractivity contribution in [2.75, 3.05) is 0 Å². The molecule has 0 bridgehead atoms. The first-order valence-electron chi connectivity index (χ1n) is 23.1. The molecule has 1 radical (unpaired) electrons. The van der Waals surface area contributed by atoms with Crippen molar-refractivity contribution >= 4 is 81.9 Å². The predicted octanol–water partition coefficient (Wildman–Crippen LogP) is 14.1. The summed E-state index contributed by atoms with van der Waals surface area (Å²) in [6.07, 6.45) is 1.49. The molecule has 8 heteroatoms. The molecule has 0 spiro atoms. The van der Waals surface area contributed by atoms with Crippen LogP contribution in [-0.4, -0.2) is 32.8 Å². The van der Waals surface area contributed by atoms with Crippen molar-refractivity contribution in [1.29, 1.82) is 0 Å². The molecule has 4 heterocycles. The van der Waals surface area contributed by atoms with Crippen LogP contribution in [0.2, 0.25) is 17.3 Å². The maximum absolute atomic E-state index is 14.7. The van der Waals surface area contributed by atoms with E-state index in [-0.39, 0.29) is 36.9 Å². The van der Waals surface area contributed by atoms with E-state index in [4.69, 9.17) is 18.2 Å². The summed E-state index contributed by atoms with van der Waals surface area (Å²) >= 11 is -0.799. The van der Waals surface area contributed by atoms with Crippen molar-refractivity contribution in [1.82, 2.24) is 19.5 Å². The Hall–Kier alpha value is -5.05. The number of nitrogens with zero attached hydrogens (tertiary/aromatic N) is 4. The molecule has 0 fully saturated rings. The van der Waals surface area contributed by atoms with Crippen LogP contribution in [0.3, 0.4) is 0 Å². The molecular formula is C53H47FGeIrN4S-2. The molecule has 0 aliphatic rings. The Morgan fingerprint density at radius 2 is 1.46 bits per heavy atom. The molecule has 0 aliphatic carbocycles. The van der Waals surface area contributed by atoms with Gasteiger partial charge in [0.1, 0.15) is 4.83 Å². The SMILES string of the molecule is Cc1cc(C)c2c(n1)sc1[c-]c(-c3nc4ccccc4n3-c3c(C(C)C)c4ccccc4c4ccccc34)ccc12.[2H]C([2H])([2H])c1cc(-c2[c-]ccc(C([2H])([2H])[2H])c2F)nc[c]1[Ge]([CH3])([CH3])[CH3].[Ir]. The Labute approximate surface area is 386 Å². The van der Waals surface area contributed by atoms with Crippen molar-refractivity contribution in [3.05, 3.63) is 161 Å². The van der Waals surface area contributed by atoms with Gasteiger partial charge in [-0.25, -0.2) is 4.98 Å². The number of aryl methyl sites for hydroxylation is 4. The number of pyridine rings is 2. The van der Waals surface area contributed by atoms with Crippen LogP contribution in [0.25, 0.3) is 81.2 Å². The van der Waals surface area contributed by atoms with E-state index in [2.05, 4.69) is 140 Å². The first kappa shape index (κ1) is 35.5. The van der Waals surface area contributed by atoms with Gasteiger partial charge in [-0.05, 0) is 75.3 Å². The summed E-state index contributed by atoms with van der Waals surface area (Å²) in [5.41, 5.74) is 7.57. The third-order valence-electron chi connectivity index (χ3n) is 11.1. The Morgan fingerprint density at radius 1 is 0.770 bits per heavy atom. The summed E-state index contributed by atoms with van der Waals surface area (Å²) in [5.74, 6) is 6.42. The molecule has 0 amide bonds. The number of benzene rings is 6. The van der Waals surface area contributed by atoms with Crippen molar-refractivity contribution in [2.24, 2.45) is 0 Å². The van der Waals surface area contributed by atoms with Gasteiger partial charge in [-0.2, -0.15) is 0 Å². The summed E-state index contributed by atoms with van der Waals surface area (Å²) in [6.45, 7) is 3.87. The van der Waals surface area contributed by atoms with Crippen LogP contribution in [0, 0.1) is 45.5 Å². The molecule has 10 rings (SSSR count). The van der Waals surface area contributed by atoms with Gasteiger partial charge in [-0.1, -0.05) is 79.9 Å². The van der Waals surface area contributed by atoms with Crippen LogP contribution in [-0.2, 0) is 20.1 Å². The van der Waals surface area contributed by atoms with Gasteiger partial charge in [0, 0.05) is 31.2 Å². The third kappa shape index (κ3) is 7.65. The Balaban J connectivity index is 0.000000203. The zero-order valence-corrected chi connectivity index (χ0v) is 40.3. The maximum atomic E-state index is 14.7. The number of fused-ring (bicyclic) bond motifs is 7. The third-order valence-corrected chi connectivity index (χ3v) is 16.4. The molecule has 307 valence electrons. The molecule has 4 aromatic heterocycles. The summed E-state index contributed by atoms with van der Waals surface area (Å²) in [6, 6.07) is 42.9. The van der Waals surface area contributed by atoms with Crippen LogP contribution in [0.4, 0.5) is 4.39 Å². The van der Waals surface area contributed by atoms with Crippen LogP contribution >= 0.6 is 11.3 Å². The van der Waals surface area contributed by atoms with E-state index >= 15 is 0 Å².